The standard InChI is InChI=1S/C16H18F3NO4/c1-24-9-12-4-2-3-11(7-12)8-13(21)20-6-5-15(10-20,14(22)23)16(17,18)19/h2-4,7H,5-6,8-10H2,1H3,(H,22,23). The summed E-state index contributed by atoms with van der Waals surface area (Å²) in [7, 11) is 1.53. The van der Waals surface area contributed by atoms with Gasteiger partial charge in [-0.2, -0.15) is 13.2 Å². The third-order valence-corrected chi connectivity index (χ3v) is 4.23. The van der Waals surface area contributed by atoms with Crippen LogP contribution < -0.4 is 0 Å². The Kier molecular flexibility index (Phi) is 5.17. The largest absolute Gasteiger partial charge is 0.481 e. The molecule has 2 rings (SSSR count). The van der Waals surface area contributed by atoms with E-state index in [4.69, 9.17) is 9.84 Å². The zero-order valence-electron chi connectivity index (χ0n) is 13.1. The van der Waals surface area contributed by atoms with Crippen molar-refractivity contribution in [2.75, 3.05) is 20.2 Å². The van der Waals surface area contributed by atoms with Crippen LogP contribution in [0.15, 0.2) is 24.3 Å². The molecule has 0 aromatic heterocycles. The molecule has 1 aliphatic heterocycles. The van der Waals surface area contributed by atoms with Crippen LogP contribution in [-0.2, 0) is 27.4 Å². The average molecular weight is 345 g/mol. The van der Waals surface area contributed by atoms with Crippen LogP contribution in [0.2, 0.25) is 0 Å². The summed E-state index contributed by atoms with van der Waals surface area (Å²) in [5.74, 6) is -2.45. The summed E-state index contributed by atoms with van der Waals surface area (Å²) < 4.78 is 44.4. The maximum Gasteiger partial charge on any atom is 0.406 e. The molecular formula is C16H18F3NO4. The number of hydrogen-bond acceptors (Lipinski definition) is 3. The molecule has 1 amide bonds. The minimum atomic E-state index is -4.90. The summed E-state index contributed by atoms with van der Waals surface area (Å²) in [5.41, 5.74) is -1.38. The van der Waals surface area contributed by atoms with Gasteiger partial charge in [0.25, 0.3) is 0 Å². The minimum Gasteiger partial charge on any atom is -0.481 e. The lowest BCUT2D eigenvalue weighted by Crippen LogP contribution is -2.47. The van der Waals surface area contributed by atoms with E-state index in [0.29, 0.717) is 12.2 Å². The number of benzene rings is 1. The molecule has 1 unspecified atom stereocenters. The van der Waals surface area contributed by atoms with Gasteiger partial charge in [-0.25, -0.2) is 0 Å². The van der Waals surface area contributed by atoms with Gasteiger partial charge < -0.3 is 14.7 Å². The molecule has 0 spiro atoms. The number of methoxy groups -OCH3 is 1. The van der Waals surface area contributed by atoms with Crippen LogP contribution in [0.25, 0.3) is 0 Å². The second kappa shape index (κ2) is 6.80. The van der Waals surface area contributed by atoms with Crippen LogP contribution in [0.1, 0.15) is 17.5 Å². The number of carbonyl (C=O) groups is 2. The van der Waals surface area contributed by atoms with Gasteiger partial charge in [-0.3, -0.25) is 9.59 Å². The number of nitrogens with zero attached hydrogens (tertiary/aromatic N) is 1. The van der Waals surface area contributed by atoms with E-state index >= 15 is 0 Å². The SMILES string of the molecule is COCc1cccc(CC(=O)N2CCC(C(=O)O)(C(F)(F)F)C2)c1. The summed E-state index contributed by atoms with van der Waals surface area (Å²) in [4.78, 5) is 24.4. The topological polar surface area (TPSA) is 66.8 Å². The zero-order chi connectivity index (χ0) is 18.0. The van der Waals surface area contributed by atoms with Crippen LogP contribution in [0.4, 0.5) is 13.2 Å². The highest BCUT2D eigenvalue weighted by molar-refractivity contribution is 5.82. The summed E-state index contributed by atoms with van der Waals surface area (Å²) in [6.07, 6.45) is -5.60. The summed E-state index contributed by atoms with van der Waals surface area (Å²) >= 11 is 0. The quantitative estimate of drug-likeness (QED) is 0.889. The number of ether oxygens (including phenoxy) is 1. The van der Waals surface area contributed by atoms with Gasteiger partial charge in [-0.05, 0) is 17.5 Å². The van der Waals surface area contributed by atoms with Gasteiger partial charge in [0, 0.05) is 20.2 Å². The first-order chi connectivity index (χ1) is 11.2. The van der Waals surface area contributed by atoms with Crippen molar-refractivity contribution in [1.82, 2.24) is 4.90 Å². The number of halogens is 3. The van der Waals surface area contributed by atoms with E-state index < -0.39 is 36.4 Å². The number of hydrogen-bond donors (Lipinski definition) is 1. The van der Waals surface area contributed by atoms with E-state index in [1.54, 1.807) is 18.2 Å². The van der Waals surface area contributed by atoms with Gasteiger partial charge in [-0.15, -0.1) is 0 Å². The molecule has 0 radical (unpaired) electrons. The van der Waals surface area contributed by atoms with Crippen molar-refractivity contribution in [3.63, 3.8) is 0 Å². The number of likely N-dealkylation sites (tertiary alicyclic amines) is 1. The van der Waals surface area contributed by atoms with Crippen LogP contribution in [0.3, 0.4) is 0 Å². The molecule has 1 aliphatic rings. The van der Waals surface area contributed by atoms with Gasteiger partial charge >= 0.3 is 12.1 Å². The van der Waals surface area contributed by atoms with Gasteiger partial charge in [0.15, 0.2) is 5.41 Å². The lowest BCUT2D eigenvalue weighted by molar-refractivity contribution is -0.227. The molecule has 1 fully saturated rings. The van der Waals surface area contributed by atoms with Gasteiger partial charge in [0.1, 0.15) is 0 Å². The number of carbonyl (C=O) groups excluding carboxylic acids is 1. The molecular weight excluding hydrogens is 327 g/mol. The lowest BCUT2D eigenvalue weighted by atomic mass is 9.86. The van der Waals surface area contributed by atoms with E-state index in [9.17, 15) is 22.8 Å². The molecule has 1 aromatic rings. The van der Waals surface area contributed by atoms with E-state index in [1.165, 1.54) is 7.11 Å². The molecule has 132 valence electrons. The van der Waals surface area contributed by atoms with Crippen LogP contribution in [0.5, 0.6) is 0 Å². The lowest BCUT2D eigenvalue weighted by Gasteiger charge is -2.27. The van der Waals surface area contributed by atoms with Gasteiger partial charge in [-0.1, -0.05) is 24.3 Å². The number of rotatable bonds is 5. The number of alkyl halides is 3. The zero-order valence-corrected chi connectivity index (χ0v) is 13.1. The van der Waals surface area contributed by atoms with Gasteiger partial charge in [0.05, 0.1) is 13.0 Å². The first-order valence-corrected chi connectivity index (χ1v) is 7.34. The average Bonchev–Trinajstić information content (AvgIpc) is 2.94. The second-order valence-corrected chi connectivity index (χ2v) is 5.88. The van der Waals surface area contributed by atoms with Crippen molar-refractivity contribution >= 4 is 11.9 Å². The van der Waals surface area contributed by atoms with Crippen LogP contribution >= 0.6 is 0 Å². The van der Waals surface area contributed by atoms with Crippen molar-refractivity contribution in [2.24, 2.45) is 5.41 Å². The Labute approximate surface area is 137 Å². The molecule has 0 bridgehead atoms. The van der Waals surface area contributed by atoms with E-state index in [0.717, 1.165) is 10.5 Å². The first kappa shape index (κ1) is 18.3. The minimum absolute atomic E-state index is 0.0783. The summed E-state index contributed by atoms with van der Waals surface area (Å²) in [6.45, 7) is -0.702. The van der Waals surface area contributed by atoms with Crippen molar-refractivity contribution in [2.45, 2.75) is 25.6 Å². The molecule has 1 saturated heterocycles. The fourth-order valence-corrected chi connectivity index (χ4v) is 2.83. The normalized spacial score (nSPS) is 21.1. The van der Waals surface area contributed by atoms with E-state index in [2.05, 4.69) is 0 Å². The Hall–Kier alpha value is -2.09. The van der Waals surface area contributed by atoms with Crippen molar-refractivity contribution in [3.05, 3.63) is 35.4 Å². The highest BCUT2D eigenvalue weighted by Gasteiger charge is 2.64. The predicted octanol–water partition coefficient (Wildman–Crippen LogP) is 2.24. The molecule has 0 saturated carbocycles. The van der Waals surface area contributed by atoms with Crippen molar-refractivity contribution in [3.8, 4) is 0 Å². The molecule has 1 N–H and O–H groups in total. The smallest absolute Gasteiger partial charge is 0.406 e. The van der Waals surface area contributed by atoms with Crippen LogP contribution in [-0.4, -0.2) is 48.3 Å². The second-order valence-electron chi connectivity index (χ2n) is 5.88. The third kappa shape index (κ3) is 3.53. The molecule has 1 heterocycles. The Morgan fingerprint density at radius 2 is 2.00 bits per heavy atom. The summed E-state index contributed by atoms with van der Waals surface area (Å²) in [6, 6.07) is 6.98. The molecule has 24 heavy (non-hydrogen) atoms. The molecule has 0 aliphatic carbocycles. The fraction of sp³-hybridized carbons (Fsp3) is 0.500. The van der Waals surface area contributed by atoms with Crippen molar-refractivity contribution in [1.29, 1.82) is 0 Å². The van der Waals surface area contributed by atoms with Gasteiger partial charge in [0.2, 0.25) is 5.91 Å². The Morgan fingerprint density at radius 3 is 2.54 bits per heavy atom. The first-order valence-electron chi connectivity index (χ1n) is 7.34. The summed E-state index contributed by atoms with van der Waals surface area (Å²) in [5, 5.41) is 9.01. The molecule has 5 nitrogen and oxygen atoms in total. The van der Waals surface area contributed by atoms with E-state index in [1.807, 2.05) is 6.07 Å². The van der Waals surface area contributed by atoms with Crippen LogP contribution in [0, 0.1) is 5.41 Å². The van der Waals surface area contributed by atoms with Crippen molar-refractivity contribution < 1.29 is 32.6 Å². The molecule has 1 aromatic carbocycles. The Morgan fingerprint density at radius 1 is 1.33 bits per heavy atom. The highest BCUT2D eigenvalue weighted by Crippen LogP contribution is 2.45. The number of aliphatic carboxylic acids is 1. The number of amides is 1. The fourth-order valence-electron chi connectivity index (χ4n) is 2.83. The Bertz CT molecular complexity index is 632. The van der Waals surface area contributed by atoms with E-state index in [-0.39, 0.29) is 13.0 Å². The number of carboxylic acid groups (broad SMARTS) is 1. The maximum atomic E-state index is 13.1. The highest BCUT2D eigenvalue weighted by atomic mass is 19.4. The monoisotopic (exact) mass is 345 g/mol. The Balaban J connectivity index is 2.09. The molecule has 8 heteroatoms. The predicted molar refractivity (Wildman–Crippen MR) is 78.2 cm³/mol. The third-order valence-electron chi connectivity index (χ3n) is 4.23. The molecule has 1 atom stereocenters. The maximum absolute atomic E-state index is 13.1. The number of carboxylic acids is 1.